The fraction of sp³-hybridized carbons (Fsp3) is 0.571. The van der Waals surface area contributed by atoms with Crippen molar-refractivity contribution in [2.24, 2.45) is 0 Å². The van der Waals surface area contributed by atoms with Crippen LogP contribution in [0.1, 0.15) is 25.8 Å². The van der Waals surface area contributed by atoms with Crippen LogP contribution in [0, 0.1) is 0 Å². The lowest BCUT2D eigenvalue weighted by Gasteiger charge is -2.16. The molecule has 0 aliphatic heterocycles. The van der Waals surface area contributed by atoms with Gasteiger partial charge in [-0.1, -0.05) is 26.0 Å². The number of sulfonamides is 1. The first-order valence-electron chi connectivity index (χ1n) is 6.84. The number of nitrogens with one attached hydrogen (secondary N) is 2. The molecule has 0 radical (unpaired) electrons. The Morgan fingerprint density at radius 1 is 1.20 bits per heavy atom. The summed E-state index contributed by atoms with van der Waals surface area (Å²) in [6, 6.07) is 6.72. The molecule has 1 aromatic carbocycles. The quantitative estimate of drug-likeness (QED) is 0.725. The summed E-state index contributed by atoms with van der Waals surface area (Å²) in [4.78, 5) is 0.285. The lowest BCUT2D eigenvalue weighted by atomic mass is 10.2. The largest absolute Gasteiger partial charge is 0.383 e. The van der Waals surface area contributed by atoms with Crippen LogP contribution in [-0.4, -0.2) is 34.7 Å². The van der Waals surface area contributed by atoms with Crippen LogP contribution < -0.4 is 10.0 Å². The van der Waals surface area contributed by atoms with E-state index in [0.29, 0.717) is 13.0 Å². The van der Waals surface area contributed by atoms with Gasteiger partial charge in [0.25, 0.3) is 0 Å². The minimum atomic E-state index is -3.48. The van der Waals surface area contributed by atoms with Gasteiger partial charge in [0.15, 0.2) is 0 Å². The van der Waals surface area contributed by atoms with E-state index in [4.69, 9.17) is 4.74 Å². The van der Waals surface area contributed by atoms with Gasteiger partial charge in [-0.05, 0) is 30.7 Å². The van der Waals surface area contributed by atoms with E-state index in [1.807, 2.05) is 26.0 Å². The molecule has 0 aromatic heterocycles. The van der Waals surface area contributed by atoms with Crippen molar-refractivity contribution in [2.45, 2.75) is 37.8 Å². The second kappa shape index (κ2) is 8.36. The summed E-state index contributed by atoms with van der Waals surface area (Å²) in [6.07, 6.45) is 0.686. The number of hydrogen-bond acceptors (Lipinski definition) is 4. The van der Waals surface area contributed by atoms with Crippen molar-refractivity contribution in [1.82, 2.24) is 10.0 Å². The molecule has 5 nitrogen and oxygen atoms in total. The number of rotatable bonds is 9. The summed E-state index contributed by atoms with van der Waals surface area (Å²) < 4.78 is 32.1. The Balaban J connectivity index is 2.76. The fourth-order valence-corrected chi connectivity index (χ4v) is 3.08. The second-order valence-corrected chi connectivity index (χ2v) is 6.32. The lowest BCUT2D eigenvalue weighted by Crippen LogP contribution is -2.37. The molecule has 0 aliphatic rings. The summed E-state index contributed by atoms with van der Waals surface area (Å²) >= 11 is 0. The Hall–Kier alpha value is -0.950. The molecule has 6 heteroatoms. The molecule has 1 rings (SSSR count). The molecular formula is C14H24N2O3S. The van der Waals surface area contributed by atoms with Crippen LogP contribution in [0.15, 0.2) is 29.2 Å². The maximum Gasteiger partial charge on any atom is 0.240 e. The van der Waals surface area contributed by atoms with E-state index < -0.39 is 10.0 Å². The molecule has 0 bridgehead atoms. The van der Waals surface area contributed by atoms with Crippen molar-refractivity contribution >= 4 is 10.0 Å². The first-order chi connectivity index (χ1) is 9.53. The highest BCUT2D eigenvalue weighted by Crippen LogP contribution is 2.12. The van der Waals surface area contributed by atoms with Crippen molar-refractivity contribution in [2.75, 3.05) is 20.3 Å². The van der Waals surface area contributed by atoms with Gasteiger partial charge in [0.05, 0.1) is 11.5 Å². The van der Waals surface area contributed by atoms with E-state index in [1.54, 1.807) is 19.2 Å². The maximum absolute atomic E-state index is 12.2. The number of hydrogen-bond donors (Lipinski definition) is 2. The highest BCUT2D eigenvalue weighted by Gasteiger charge is 2.18. The van der Waals surface area contributed by atoms with Crippen LogP contribution in [0.5, 0.6) is 0 Å². The van der Waals surface area contributed by atoms with Crippen molar-refractivity contribution < 1.29 is 13.2 Å². The number of benzene rings is 1. The molecule has 1 unspecified atom stereocenters. The molecule has 0 fully saturated rings. The summed E-state index contributed by atoms with van der Waals surface area (Å²) in [5.41, 5.74) is 1.06. The Kier molecular flexibility index (Phi) is 7.15. The van der Waals surface area contributed by atoms with Crippen LogP contribution >= 0.6 is 0 Å². The van der Waals surface area contributed by atoms with Crippen LogP contribution in [-0.2, 0) is 21.3 Å². The van der Waals surface area contributed by atoms with Gasteiger partial charge in [-0.15, -0.1) is 0 Å². The summed E-state index contributed by atoms with van der Waals surface area (Å²) in [5.74, 6) is 0. The third-order valence-electron chi connectivity index (χ3n) is 3.00. The smallest absolute Gasteiger partial charge is 0.240 e. The topological polar surface area (TPSA) is 67.4 Å². The Bertz CT molecular complexity index is 486. The van der Waals surface area contributed by atoms with Gasteiger partial charge >= 0.3 is 0 Å². The molecule has 0 saturated heterocycles. The zero-order chi connectivity index (χ0) is 15.0. The molecule has 0 spiro atoms. The van der Waals surface area contributed by atoms with Crippen LogP contribution in [0.3, 0.4) is 0 Å². The number of ether oxygens (including phenoxy) is 1. The number of methoxy groups -OCH3 is 1. The summed E-state index contributed by atoms with van der Waals surface area (Å²) in [5, 5.41) is 3.20. The van der Waals surface area contributed by atoms with Crippen molar-refractivity contribution in [3.05, 3.63) is 29.8 Å². The highest BCUT2D eigenvalue weighted by atomic mass is 32.2. The molecule has 0 saturated carbocycles. The lowest BCUT2D eigenvalue weighted by molar-refractivity contribution is 0.173. The van der Waals surface area contributed by atoms with E-state index in [1.165, 1.54) is 0 Å². The second-order valence-electron chi connectivity index (χ2n) is 4.61. The zero-order valence-electron chi connectivity index (χ0n) is 12.3. The van der Waals surface area contributed by atoms with Gasteiger partial charge < -0.3 is 10.1 Å². The van der Waals surface area contributed by atoms with Gasteiger partial charge in [0.2, 0.25) is 10.0 Å². The van der Waals surface area contributed by atoms with E-state index in [-0.39, 0.29) is 10.9 Å². The third kappa shape index (κ3) is 5.20. The maximum atomic E-state index is 12.2. The minimum absolute atomic E-state index is 0.202. The van der Waals surface area contributed by atoms with E-state index in [9.17, 15) is 8.42 Å². The van der Waals surface area contributed by atoms with Crippen molar-refractivity contribution in [1.29, 1.82) is 0 Å². The average molecular weight is 300 g/mol. The Labute approximate surface area is 121 Å². The molecule has 1 atom stereocenters. The molecule has 0 aliphatic carbocycles. The van der Waals surface area contributed by atoms with Gasteiger partial charge in [-0.3, -0.25) is 0 Å². The fourth-order valence-electron chi connectivity index (χ4n) is 1.78. The molecule has 114 valence electrons. The van der Waals surface area contributed by atoms with Crippen LogP contribution in [0.4, 0.5) is 0 Å². The van der Waals surface area contributed by atoms with E-state index >= 15 is 0 Å². The normalized spacial score (nSPS) is 13.3. The molecule has 2 N–H and O–H groups in total. The third-order valence-corrected chi connectivity index (χ3v) is 4.53. The van der Waals surface area contributed by atoms with Crippen molar-refractivity contribution in [3.8, 4) is 0 Å². The monoisotopic (exact) mass is 300 g/mol. The predicted molar refractivity (Wildman–Crippen MR) is 80.1 cm³/mol. The summed E-state index contributed by atoms with van der Waals surface area (Å²) in [6.45, 7) is 5.95. The molecule has 0 heterocycles. The van der Waals surface area contributed by atoms with Gasteiger partial charge in [0, 0.05) is 19.7 Å². The molecule has 0 amide bonds. The van der Waals surface area contributed by atoms with Crippen LogP contribution in [0.2, 0.25) is 0 Å². The van der Waals surface area contributed by atoms with E-state index in [0.717, 1.165) is 18.7 Å². The summed E-state index contributed by atoms with van der Waals surface area (Å²) in [7, 11) is -1.92. The molecule has 20 heavy (non-hydrogen) atoms. The average Bonchev–Trinajstić information content (AvgIpc) is 2.45. The van der Waals surface area contributed by atoms with Gasteiger partial charge in [0.1, 0.15) is 0 Å². The van der Waals surface area contributed by atoms with E-state index in [2.05, 4.69) is 10.0 Å². The SMILES string of the molecule is CCNCc1ccc(S(=O)(=O)NC(CC)COC)cc1. The molecule has 1 aromatic rings. The first kappa shape index (κ1) is 17.1. The molecular weight excluding hydrogens is 276 g/mol. The Morgan fingerprint density at radius 2 is 1.85 bits per heavy atom. The minimum Gasteiger partial charge on any atom is -0.383 e. The van der Waals surface area contributed by atoms with Crippen LogP contribution in [0.25, 0.3) is 0 Å². The van der Waals surface area contributed by atoms with Gasteiger partial charge in [-0.2, -0.15) is 0 Å². The standard InChI is InChI=1S/C14H24N2O3S/c1-4-13(11-19-3)16-20(17,18)14-8-6-12(7-9-14)10-15-5-2/h6-9,13,15-16H,4-5,10-11H2,1-3H3. The predicted octanol–water partition coefficient (Wildman–Crippen LogP) is 1.50. The highest BCUT2D eigenvalue weighted by molar-refractivity contribution is 7.89. The Morgan fingerprint density at radius 3 is 2.35 bits per heavy atom. The first-order valence-corrected chi connectivity index (χ1v) is 8.32. The van der Waals surface area contributed by atoms with Crippen molar-refractivity contribution in [3.63, 3.8) is 0 Å². The van der Waals surface area contributed by atoms with Gasteiger partial charge in [-0.25, -0.2) is 13.1 Å². The zero-order valence-corrected chi connectivity index (χ0v) is 13.2.